The van der Waals surface area contributed by atoms with Crippen molar-refractivity contribution in [2.75, 3.05) is 7.05 Å². The van der Waals surface area contributed by atoms with E-state index in [1.165, 1.54) is 25.7 Å². The second-order valence-electron chi connectivity index (χ2n) is 8.64. The van der Waals surface area contributed by atoms with E-state index in [1.54, 1.807) is 0 Å². The Morgan fingerprint density at radius 2 is 1.65 bits per heavy atom. The third kappa shape index (κ3) is 2.07. The molecule has 5 rings (SSSR count). The van der Waals surface area contributed by atoms with Crippen LogP contribution in [-0.4, -0.2) is 23.5 Å². The zero-order valence-electron chi connectivity index (χ0n) is 15.4. The summed E-state index contributed by atoms with van der Waals surface area (Å²) in [5, 5.41) is 10.4. The van der Waals surface area contributed by atoms with Crippen LogP contribution in [0.15, 0.2) is 60.7 Å². The normalized spacial score (nSPS) is 34.8. The highest BCUT2D eigenvalue weighted by atomic mass is 15.4. The lowest BCUT2D eigenvalue weighted by Gasteiger charge is -2.44. The summed E-state index contributed by atoms with van der Waals surface area (Å²) in [4.78, 5) is 2.63. The minimum Gasteiger partial charge on any atom is -0.294 e. The zero-order valence-corrected chi connectivity index (χ0v) is 15.4. The lowest BCUT2D eigenvalue weighted by atomic mass is 9.59. The summed E-state index contributed by atoms with van der Waals surface area (Å²) < 4.78 is 0. The highest BCUT2D eigenvalue weighted by Gasteiger charge is 2.70. The van der Waals surface area contributed by atoms with Gasteiger partial charge in [-0.3, -0.25) is 4.90 Å². The van der Waals surface area contributed by atoms with Crippen molar-refractivity contribution in [2.24, 2.45) is 11.8 Å². The van der Waals surface area contributed by atoms with E-state index >= 15 is 0 Å². The second kappa shape index (κ2) is 5.69. The van der Waals surface area contributed by atoms with Crippen molar-refractivity contribution in [2.45, 2.75) is 49.1 Å². The van der Waals surface area contributed by atoms with Gasteiger partial charge in [0.1, 0.15) is 5.41 Å². The fraction of sp³-hybridized carbons (Fsp3) is 0.458. The first-order chi connectivity index (χ1) is 12.7. The third-order valence-electron chi connectivity index (χ3n) is 7.73. The molecule has 26 heavy (non-hydrogen) atoms. The largest absolute Gasteiger partial charge is 0.294 e. The molecule has 1 saturated heterocycles. The number of nitriles is 1. The fourth-order valence-electron chi connectivity index (χ4n) is 6.24. The molecule has 2 heteroatoms. The van der Waals surface area contributed by atoms with Crippen LogP contribution in [0.1, 0.15) is 43.2 Å². The van der Waals surface area contributed by atoms with Gasteiger partial charge in [-0.05, 0) is 62.1 Å². The topological polar surface area (TPSA) is 26.8 Å². The van der Waals surface area contributed by atoms with Gasteiger partial charge in [-0.1, -0.05) is 60.7 Å². The summed E-state index contributed by atoms with van der Waals surface area (Å²) in [5.41, 5.74) is 2.31. The van der Waals surface area contributed by atoms with Gasteiger partial charge >= 0.3 is 0 Å². The Hall–Kier alpha value is -2.11. The Morgan fingerprint density at radius 1 is 1.04 bits per heavy atom. The standard InChI is InChI=1S/C24H26N2/c1-26-22-15-18(14-21-12-13-24(21,22)26)16-23(17-25,19-8-4-2-5-9-19)20-10-6-3-7-11-20/h2-11,18,21-22H,12-16H2,1H3/t18-,21?,22?,24?,26?/m1/s1. The average molecular weight is 342 g/mol. The fourth-order valence-corrected chi connectivity index (χ4v) is 6.24. The molecule has 5 atom stereocenters. The van der Waals surface area contributed by atoms with Crippen molar-refractivity contribution in [1.82, 2.24) is 4.90 Å². The maximum Gasteiger partial charge on any atom is 0.107 e. The molecule has 0 aromatic heterocycles. The molecular formula is C24H26N2. The van der Waals surface area contributed by atoms with E-state index in [0.717, 1.165) is 29.5 Å². The van der Waals surface area contributed by atoms with Crippen molar-refractivity contribution in [3.8, 4) is 6.07 Å². The van der Waals surface area contributed by atoms with Crippen molar-refractivity contribution in [3.63, 3.8) is 0 Å². The third-order valence-corrected chi connectivity index (χ3v) is 7.73. The zero-order chi connectivity index (χ0) is 17.8. The van der Waals surface area contributed by atoms with Gasteiger partial charge in [0.15, 0.2) is 0 Å². The molecule has 1 heterocycles. The Labute approximate surface area is 156 Å². The van der Waals surface area contributed by atoms with Gasteiger partial charge < -0.3 is 0 Å². The summed E-state index contributed by atoms with van der Waals surface area (Å²) in [5.74, 6) is 1.49. The minimum atomic E-state index is -0.537. The van der Waals surface area contributed by atoms with E-state index < -0.39 is 5.41 Å². The number of benzene rings is 2. The molecule has 2 nitrogen and oxygen atoms in total. The summed E-state index contributed by atoms with van der Waals surface area (Å²) in [6, 6.07) is 24.4. The molecule has 2 aromatic rings. The van der Waals surface area contributed by atoms with Gasteiger partial charge in [-0.2, -0.15) is 5.26 Å². The van der Waals surface area contributed by atoms with E-state index in [2.05, 4.69) is 66.5 Å². The van der Waals surface area contributed by atoms with Crippen molar-refractivity contribution >= 4 is 0 Å². The molecule has 0 amide bonds. The summed E-state index contributed by atoms with van der Waals surface area (Å²) in [7, 11) is 2.31. The first kappa shape index (κ1) is 16.1. The monoisotopic (exact) mass is 342 g/mol. The van der Waals surface area contributed by atoms with Gasteiger partial charge in [0.05, 0.1) is 6.07 Å². The summed E-state index contributed by atoms with van der Waals surface area (Å²) in [6.07, 6.45) is 6.27. The number of hydrogen-bond acceptors (Lipinski definition) is 2. The Morgan fingerprint density at radius 3 is 2.12 bits per heavy atom. The molecular weight excluding hydrogens is 316 g/mol. The molecule has 0 radical (unpaired) electrons. The maximum atomic E-state index is 10.4. The number of likely N-dealkylation sites (N-methyl/N-ethyl adjacent to an activating group) is 1. The molecule has 0 bridgehead atoms. The number of likely N-dealkylation sites (tertiary alicyclic amines) is 1. The molecule has 132 valence electrons. The van der Waals surface area contributed by atoms with E-state index in [9.17, 15) is 5.26 Å². The van der Waals surface area contributed by atoms with Crippen molar-refractivity contribution < 1.29 is 0 Å². The molecule has 2 saturated carbocycles. The summed E-state index contributed by atoms with van der Waals surface area (Å²) in [6.45, 7) is 0. The van der Waals surface area contributed by atoms with Crippen LogP contribution in [0, 0.1) is 23.2 Å². The molecule has 4 unspecified atom stereocenters. The van der Waals surface area contributed by atoms with Crippen LogP contribution < -0.4 is 0 Å². The SMILES string of the molecule is CN1C2C[C@H](CC(C#N)(c3ccccc3)c3ccccc3)CC3CCC321. The number of hydrogen-bond donors (Lipinski definition) is 0. The molecule has 1 aliphatic heterocycles. The van der Waals surface area contributed by atoms with Gasteiger partial charge in [-0.25, -0.2) is 0 Å². The molecule has 2 aliphatic carbocycles. The van der Waals surface area contributed by atoms with Crippen LogP contribution >= 0.6 is 0 Å². The van der Waals surface area contributed by atoms with Crippen molar-refractivity contribution in [1.29, 1.82) is 5.26 Å². The van der Waals surface area contributed by atoms with Crippen LogP contribution in [-0.2, 0) is 5.41 Å². The van der Waals surface area contributed by atoms with Crippen LogP contribution in [0.3, 0.4) is 0 Å². The van der Waals surface area contributed by atoms with Crippen molar-refractivity contribution in [3.05, 3.63) is 71.8 Å². The van der Waals surface area contributed by atoms with E-state index in [4.69, 9.17) is 0 Å². The van der Waals surface area contributed by atoms with Gasteiger partial charge in [0.25, 0.3) is 0 Å². The number of nitrogens with zero attached hydrogens (tertiary/aromatic N) is 2. The van der Waals surface area contributed by atoms with Crippen LogP contribution in [0.5, 0.6) is 0 Å². The molecule has 3 fully saturated rings. The highest BCUT2D eigenvalue weighted by molar-refractivity contribution is 5.46. The Balaban J connectivity index is 1.50. The quantitative estimate of drug-likeness (QED) is 0.749. The van der Waals surface area contributed by atoms with E-state index in [1.807, 2.05) is 12.1 Å². The average Bonchev–Trinajstić information content (AvgIpc) is 3.30. The molecule has 2 aromatic carbocycles. The molecule has 1 spiro atoms. The Bertz CT molecular complexity index is 788. The van der Waals surface area contributed by atoms with Gasteiger partial charge in [0, 0.05) is 11.6 Å². The lowest BCUT2D eigenvalue weighted by molar-refractivity contribution is 0.110. The van der Waals surface area contributed by atoms with Gasteiger partial charge in [0.2, 0.25) is 0 Å². The minimum absolute atomic E-state index is 0.537. The predicted molar refractivity (Wildman–Crippen MR) is 104 cm³/mol. The van der Waals surface area contributed by atoms with Crippen LogP contribution in [0.25, 0.3) is 0 Å². The molecule has 0 N–H and O–H groups in total. The van der Waals surface area contributed by atoms with Crippen LogP contribution in [0.4, 0.5) is 0 Å². The Kier molecular flexibility index (Phi) is 3.52. The maximum absolute atomic E-state index is 10.4. The molecule has 3 aliphatic rings. The summed E-state index contributed by atoms with van der Waals surface area (Å²) >= 11 is 0. The second-order valence-corrected chi connectivity index (χ2v) is 8.64. The lowest BCUT2D eigenvalue weighted by Crippen LogP contribution is -2.45. The van der Waals surface area contributed by atoms with Gasteiger partial charge in [-0.15, -0.1) is 0 Å². The van der Waals surface area contributed by atoms with E-state index in [-0.39, 0.29) is 0 Å². The highest BCUT2D eigenvalue weighted by Crippen LogP contribution is 2.65. The first-order valence-electron chi connectivity index (χ1n) is 9.96. The number of rotatable bonds is 4. The van der Waals surface area contributed by atoms with Crippen LogP contribution in [0.2, 0.25) is 0 Å². The van der Waals surface area contributed by atoms with E-state index in [0.29, 0.717) is 11.5 Å². The predicted octanol–water partition coefficient (Wildman–Crippen LogP) is 4.76. The first-order valence-corrected chi connectivity index (χ1v) is 9.96. The smallest absolute Gasteiger partial charge is 0.107 e.